The van der Waals surface area contributed by atoms with Crippen molar-refractivity contribution in [1.29, 1.82) is 0 Å². The van der Waals surface area contributed by atoms with E-state index >= 15 is 0 Å². The number of aliphatic hydroxyl groups is 1. The van der Waals surface area contributed by atoms with Crippen molar-refractivity contribution >= 4 is 0 Å². The predicted octanol–water partition coefficient (Wildman–Crippen LogP) is 1.35. The van der Waals surface area contributed by atoms with Crippen LogP contribution >= 0.6 is 0 Å². The summed E-state index contributed by atoms with van der Waals surface area (Å²) < 4.78 is 0. The fourth-order valence-corrected chi connectivity index (χ4v) is 4.04. The fraction of sp³-hybridized carbons (Fsp3) is 0.684. The van der Waals surface area contributed by atoms with Crippen LogP contribution < -0.4 is 10.6 Å². The lowest BCUT2D eigenvalue weighted by molar-refractivity contribution is 0.0151. The van der Waals surface area contributed by atoms with Gasteiger partial charge >= 0.3 is 0 Å². The minimum absolute atomic E-state index is 0.201. The molecular formula is C19H31N3O. The normalized spacial score (nSPS) is 28.6. The van der Waals surface area contributed by atoms with Gasteiger partial charge in [0.05, 0.1) is 5.60 Å². The number of nitrogens with zero attached hydrogens (tertiary/aromatic N) is 1. The third-order valence-electron chi connectivity index (χ3n) is 5.70. The largest absolute Gasteiger partial charge is 0.387 e. The van der Waals surface area contributed by atoms with Gasteiger partial charge in [0.1, 0.15) is 0 Å². The average Bonchev–Trinajstić information content (AvgIpc) is 2.58. The quantitative estimate of drug-likeness (QED) is 0.767. The highest BCUT2D eigenvalue weighted by atomic mass is 16.3. The van der Waals surface area contributed by atoms with Crippen molar-refractivity contribution in [3.8, 4) is 0 Å². The monoisotopic (exact) mass is 317 g/mol. The summed E-state index contributed by atoms with van der Waals surface area (Å²) in [7, 11) is 2.21. The molecule has 0 amide bonds. The summed E-state index contributed by atoms with van der Waals surface area (Å²) in [5.41, 5.74) is 1.06. The molecule has 0 saturated carbocycles. The number of benzene rings is 1. The smallest absolute Gasteiger partial charge is 0.0895 e. The van der Waals surface area contributed by atoms with Gasteiger partial charge in [0.2, 0.25) is 0 Å². The first-order chi connectivity index (χ1) is 11.1. The van der Waals surface area contributed by atoms with Gasteiger partial charge in [0.25, 0.3) is 0 Å². The van der Waals surface area contributed by atoms with Crippen molar-refractivity contribution in [2.75, 3.05) is 46.3 Å². The maximum absolute atomic E-state index is 10.7. The molecule has 4 nitrogen and oxygen atoms in total. The summed E-state index contributed by atoms with van der Waals surface area (Å²) >= 11 is 0. The standard InChI is InChI=1S/C19H31N3O/c1-22-12-9-18(10-13-22,17-6-3-2-4-7-17)14-21-16-19(23)8-5-11-20-15-19/h2-4,6-7,20-21,23H,5,8-16H2,1H3/t19-/m0/s1. The van der Waals surface area contributed by atoms with E-state index in [4.69, 9.17) is 0 Å². The van der Waals surface area contributed by atoms with Gasteiger partial charge in [-0.1, -0.05) is 30.3 Å². The Kier molecular flexibility index (Phi) is 5.37. The van der Waals surface area contributed by atoms with Gasteiger partial charge in [-0.25, -0.2) is 0 Å². The van der Waals surface area contributed by atoms with Gasteiger partial charge < -0.3 is 20.6 Å². The van der Waals surface area contributed by atoms with Crippen molar-refractivity contribution < 1.29 is 5.11 Å². The third-order valence-corrected chi connectivity index (χ3v) is 5.70. The Labute approximate surface area is 140 Å². The first kappa shape index (κ1) is 16.9. The third kappa shape index (κ3) is 4.13. The summed E-state index contributed by atoms with van der Waals surface area (Å²) in [6, 6.07) is 10.9. The Morgan fingerprint density at radius 1 is 1.13 bits per heavy atom. The second-order valence-electron chi connectivity index (χ2n) is 7.56. The van der Waals surface area contributed by atoms with Gasteiger partial charge in [-0.05, 0) is 57.9 Å². The molecule has 128 valence electrons. The maximum Gasteiger partial charge on any atom is 0.0895 e. The summed E-state index contributed by atoms with van der Waals surface area (Å²) in [5.74, 6) is 0. The van der Waals surface area contributed by atoms with Crippen molar-refractivity contribution in [2.24, 2.45) is 0 Å². The number of hydrogen-bond acceptors (Lipinski definition) is 4. The Hall–Kier alpha value is -0.940. The highest BCUT2D eigenvalue weighted by Crippen LogP contribution is 2.34. The summed E-state index contributed by atoms with van der Waals surface area (Å²) in [4.78, 5) is 2.42. The lowest BCUT2D eigenvalue weighted by atomic mass is 9.72. The van der Waals surface area contributed by atoms with E-state index in [0.29, 0.717) is 13.1 Å². The van der Waals surface area contributed by atoms with Crippen LogP contribution in [0.3, 0.4) is 0 Å². The van der Waals surface area contributed by atoms with E-state index in [1.165, 1.54) is 18.4 Å². The zero-order valence-corrected chi connectivity index (χ0v) is 14.4. The van der Waals surface area contributed by atoms with Gasteiger partial charge in [0, 0.05) is 25.0 Å². The van der Waals surface area contributed by atoms with E-state index in [9.17, 15) is 5.11 Å². The molecule has 1 aromatic carbocycles. The van der Waals surface area contributed by atoms with Crippen LogP contribution in [0.4, 0.5) is 0 Å². The molecule has 0 radical (unpaired) electrons. The number of piperidine rings is 2. The van der Waals surface area contributed by atoms with E-state index in [1.54, 1.807) is 0 Å². The van der Waals surface area contributed by atoms with Gasteiger partial charge in [-0.15, -0.1) is 0 Å². The number of β-amino-alcohol motifs (C(OH)–C–C–N with tert-alkyl or cyclic N) is 1. The van der Waals surface area contributed by atoms with Gasteiger partial charge in [-0.2, -0.15) is 0 Å². The molecule has 0 unspecified atom stereocenters. The summed E-state index contributed by atoms with van der Waals surface area (Å²) in [6.45, 7) is 5.66. The summed E-state index contributed by atoms with van der Waals surface area (Å²) in [6.07, 6.45) is 4.31. The molecule has 2 aliphatic rings. The molecule has 3 rings (SSSR count). The van der Waals surface area contributed by atoms with Crippen molar-refractivity contribution in [3.05, 3.63) is 35.9 Å². The molecule has 0 aliphatic carbocycles. The molecule has 2 fully saturated rings. The second kappa shape index (κ2) is 7.31. The molecule has 2 heterocycles. The van der Waals surface area contributed by atoms with Crippen molar-refractivity contribution in [1.82, 2.24) is 15.5 Å². The van der Waals surface area contributed by atoms with Crippen LogP contribution in [0.5, 0.6) is 0 Å². The van der Waals surface area contributed by atoms with E-state index in [1.807, 2.05) is 0 Å². The SMILES string of the molecule is CN1CCC(CNC[C@]2(O)CCCNC2)(c2ccccc2)CC1. The molecule has 0 spiro atoms. The highest BCUT2D eigenvalue weighted by Gasteiger charge is 2.36. The number of nitrogens with one attached hydrogen (secondary N) is 2. The number of rotatable bonds is 5. The lowest BCUT2D eigenvalue weighted by Crippen LogP contribution is -2.54. The summed E-state index contributed by atoms with van der Waals surface area (Å²) in [5, 5.41) is 17.6. The number of hydrogen-bond donors (Lipinski definition) is 3. The molecule has 4 heteroatoms. The van der Waals surface area contributed by atoms with Crippen LogP contribution in [0.15, 0.2) is 30.3 Å². The van der Waals surface area contributed by atoms with E-state index in [2.05, 4.69) is 52.9 Å². The molecule has 0 aromatic heterocycles. The van der Waals surface area contributed by atoms with E-state index in [-0.39, 0.29) is 5.41 Å². The zero-order chi connectivity index (χ0) is 16.2. The average molecular weight is 317 g/mol. The van der Waals surface area contributed by atoms with Crippen LogP contribution in [0, 0.1) is 0 Å². The fourth-order valence-electron chi connectivity index (χ4n) is 4.04. The van der Waals surface area contributed by atoms with Crippen LogP contribution in [-0.2, 0) is 5.41 Å². The second-order valence-corrected chi connectivity index (χ2v) is 7.56. The van der Waals surface area contributed by atoms with Crippen LogP contribution in [0.25, 0.3) is 0 Å². The minimum atomic E-state index is -0.582. The Morgan fingerprint density at radius 3 is 2.52 bits per heavy atom. The maximum atomic E-state index is 10.7. The molecule has 23 heavy (non-hydrogen) atoms. The van der Waals surface area contributed by atoms with Gasteiger partial charge in [-0.3, -0.25) is 0 Å². The molecule has 1 atom stereocenters. The molecule has 2 saturated heterocycles. The van der Waals surface area contributed by atoms with Crippen molar-refractivity contribution in [2.45, 2.75) is 36.7 Å². The topological polar surface area (TPSA) is 47.5 Å². The Balaban J connectivity index is 1.65. The predicted molar refractivity (Wildman–Crippen MR) is 94.8 cm³/mol. The van der Waals surface area contributed by atoms with E-state index < -0.39 is 5.60 Å². The molecule has 2 aliphatic heterocycles. The molecule has 0 bridgehead atoms. The highest BCUT2D eigenvalue weighted by molar-refractivity contribution is 5.27. The Morgan fingerprint density at radius 2 is 1.87 bits per heavy atom. The van der Waals surface area contributed by atoms with Crippen molar-refractivity contribution in [3.63, 3.8) is 0 Å². The zero-order valence-electron chi connectivity index (χ0n) is 14.4. The first-order valence-electron chi connectivity index (χ1n) is 9.00. The van der Waals surface area contributed by atoms with E-state index in [0.717, 1.165) is 39.0 Å². The van der Waals surface area contributed by atoms with Crippen LogP contribution in [-0.4, -0.2) is 61.9 Å². The van der Waals surface area contributed by atoms with Gasteiger partial charge in [0.15, 0.2) is 0 Å². The molecular weight excluding hydrogens is 286 g/mol. The Bertz CT molecular complexity index is 477. The first-order valence-corrected chi connectivity index (χ1v) is 9.00. The molecule has 1 aromatic rings. The molecule has 3 N–H and O–H groups in total. The minimum Gasteiger partial charge on any atom is -0.387 e. The van der Waals surface area contributed by atoms with Crippen LogP contribution in [0.1, 0.15) is 31.2 Å². The van der Waals surface area contributed by atoms with Crippen LogP contribution in [0.2, 0.25) is 0 Å². The number of likely N-dealkylation sites (tertiary alicyclic amines) is 1. The lowest BCUT2D eigenvalue weighted by Gasteiger charge is -2.42.